The molecule has 112 valence electrons. The number of benzene rings is 1. The van der Waals surface area contributed by atoms with Gasteiger partial charge in [-0.3, -0.25) is 4.79 Å². The molecule has 1 N–H and O–H groups in total. The Labute approximate surface area is 130 Å². The van der Waals surface area contributed by atoms with Gasteiger partial charge in [-0.1, -0.05) is 29.6 Å². The Morgan fingerprint density at radius 2 is 1.95 bits per heavy atom. The fourth-order valence-electron chi connectivity index (χ4n) is 1.81. The van der Waals surface area contributed by atoms with Gasteiger partial charge in [0.2, 0.25) is 0 Å². The van der Waals surface area contributed by atoms with Gasteiger partial charge in [0.25, 0.3) is 0 Å². The second-order valence-corrected chi connectivity index (χ2v) is 5.44. The number of hydrogen-bond donors (Lipinski definition) is 1. The van der Waals surface area contributed by atoms with Crippen LogP contribution in [-0.2, 0) is 9.53 Å². The van der Waals surface area contributed by atoms with Gasteiger partial charge in [0.15, 0.2) is 0 Å². The van der Waals surface area contributed by atoms with Gasteiger partial charge in [0.1, 0.15) is 0 Å². The molecule has 0 saturated heterocycles. The molecule has 1 aromatic carbocycles. The fraction of sp³-hybridized carbons (Fsp3) is 0.533. The maximum atomic E-state index is 11.1. The Morgan fingerprint density at radius 3 is 2.65 bits per heavy atom. The van der Waals surface area contributed by atoms with Crippen molar-refractivity contribution in [3.63, 3.8) is 0 Å². The Balaban J connectivity index is 2.22. The Hall–Kier alpha value is -0.930. The van der Waals surface area contributed by atoms with Crippen LogP contribution in [0.1, 0.15) is 38.2 Å². The number of aryl methyl sites for hydroxylation is 1. The van der Waals surface area contributed by atoms with Crippen LogP contribution in [-0.4, -0.2) is 19.1 Å². The number of rotatable bonds is 8. The average molecular weight is 318 g/mol. The quantitative estimate of drug-likeness (QED) is 0.551. The predicted molar refractivity (Wildman–Crippen MR) is 84.8 cm³/mol. The van der Waals surface area contributed by atoms with E-state index in [0.29, 0.717) is 23.1 Å². The number of hydrogen-bond acceptors (Lipinski definition) is 3. The Bertz CT molecular complexity index is 450. The first kappa shape index (κ1) is 17.1. The number of carbonyl (C=O) groups excluding carboxylic acids is 1. The molecule has 0 spiro atoms. The van der Waals surface area contributed by atoms with E-state index in [-0.39, 0.29) is 5.97 Å². The summed E-state index contributed by atoms with van der Waals surface area (Å²) < 4.78 is 4.87. The van der Waals surface area contributed by atoms with Gasteiger partial charge in [0, 0.05) is 18.0 Å². The van der Waals surface area contributed by atoms with Crippen molar-refractivity contribution in [2.24, 2.45) is 0 Å². The topological polar surface area (TPSA) is 38.3 Å². The van der Waals surface area contributed by atoms with Crippen molar-refractivity contribution in [3.05, 3.63) is 27.7 Å². The molecule has 0 fully saturated rings. The van der Waals surface area contributed by atoms with Gasteiger partial charge in [-0.25, -0.2) is 0 Å². The summed E-state index contributed by atoms with van der Waals surface area (Å²) in [6.45, 7) is 5.00. The number of carbonyl (C=O) groups is 1. The van der Waals surface area contributed by atoms with Crippen LogP contribution in [0.25, 0.3) is 0 Å². The first-order valence-corrected chi connectivity index (χ1v) is 7.65. The molecular formula is C15H21Cl2NO2. The summed E-state index contributed by atoms with van der Waals surface area (Å²) in [5, 5.41) is 4.65. The monoisotopic (exact) mass is 317 g/mol. The van der Waals surface area contributed by atoms with Gasteiger partial charge in [0.05, 0.1) is 17.3 Å². The highest BCUT2D eigenvalue weighted by atomic mass is 35.5. The molecular weight excluding hydrogens is 297 g/mol. The minimum absolute atomic E-state index is 0.117. The standard InChI is InChI=1S/C15H21Cl2NO2/c1-3-20-15(19)7-5-4-6-8-18-14-10-12(16)11(2)9-13(14)17/h9-10,18H,3-8H2,1-2H3. The summed E-state index contributed by atoms with van der Waals surface area (Å²) in [6, 6.07) is 3.70. The van der Waals surface area contributed by atoms with Gasteiger partial charge in [-0.15, -0.1) is 0 Å². The van der Waals surface area contributed by atoms with Crippen molar-refractivity contribution in [2.75, 3.05) is 18.5 Å². The summed E-state index contributed by atoms with van der Waals surface area (Å²) in [5.74, 6) is -0.117. The first-order valence-electron chi connectivity index (χ1n) is 6.89. The summed E-state index contributed by atoms with van der Waals surface area (Å²) in [5.41, 5.74) is 1.82. The van der Waals surface area contributed by atoms with Crippen molar-refractivity contribution < 1.29 is 9.53 Å². The molecule has 1 rings (SSSR count). The van der Waals surface area contributed by atoms with Crippen LogP contribution < -0.4 is 5.32 Å². The fourth-order valence-corrected chi connectivity index (χ4v) is 2.26. The molecule has 0 unspecified atom stereocenters. The number of ether oxygens (including phenoxy) is 1. The molecule has 3 nitrogen and oxygen atoms in total. The molecule has 0 radical (unpaired) electrons. The normalized spacial score (nSPS) is 10.4. The second-order valence-electron chi connectivity index (χ2n) is 4.62. The predicted octanol–water partition coefficient (Wildman–Crippen LogP) is 4.84. The molecule has 0 aromatic heterocycles. The Morgan fingerprint density at radius 1 is 1.20 bits per heavy atom. The van der Waals surface area contributed by atoms with Crippen molar-refractivity contribution >= 4 is 34.9 Å². The van der Waals surface area contributed by atoms with Crippen LogP contribution >= 0.6 is 23.2 Å². The maximum absolute atomic E-state index is 11.1. The third-order valence-corrected chi connectivity index (χ3v) is 3.65. The molecule has 0 aliphatic carbocycles. The van der Waals surface area contributed by atoms with Crippen LogP contribution in [0.5, 0.6) is 0 Å². The van der Waals surface area contributed by atoms with E-state index in [4.69, 9.17) is 27.9 Å². The molecule has 0 saturated carbocycles. The maximum Gasteiger partial charge on any atom is 0.305 e. The lowest BCUT2D eigenvalue weighted by Crippen LogP contribution is -2.05. The second kappa shape index (κ2) is 9.09. The van der Waals surface area contributed by atoms with Gasteiger partial charge < -0.3 is 10.1 Å². The summed E-state index contributed by atoms with van der Waals surface area (Å²) in [4.78, 5) is 11.1. The smallest absolute Gasteiger partial charge is 0.305 e. The highest BCUT2D eigenvalue weighted by Crippen LogP contribution is 2.28. The minimum atomic E-state index is -0.117. The third kappa shape index (κ3) is 6.02. The third-order valence-electron chi connectivity index (χ3n) is 2.93. The van der Waals surface area contributed by atoms with E-state index in [2.05, 4.69) is 5.32 Å². The molecule has 0 heterocycles. The zero-order valence-corrected chi connectivity index (χ0v) is 13.5. The highest BCUT2D eigenvalue weighted by Gasteiger charge is 2.04. The van der Waals surface area contributed by atoms with E-state index in [9.17, 15) is 4.79 Å². The van der Waals surface area contributed by atoms with Crippen LogP contribution in [0.15, 0.2) is 12.1 Å². The molecule has 0 aliphatic rings. The number of anilines is 1. The number of nitrogens with one attached hydrogen (secondary N) is 1. The van der Waals surface area contributed by atoms with Crippen molar-refractivity contribution in [3.8, 4) is 0 Å². The lowest BCUT2D eigenvalue weighted by atomic mass is 10.2. The van der Waals surface area contributed by atoms with Crippen LogP contribution in [0.3, 0.4) is 0 Å². The first-order chi connectivity index (χ1) is 9.54. The summed E-state index contributed by atoms with van der Waals surface area (Å²) >= 11 is 12.2. The van der Waals surface area contributed by atoms with Crippen molar-refractivity contribution in [1.29, 1.82) is 0 Å². The van der Waals surface area contributed by atoms with Crippen molar-refractivity contribution in [2.45, 2.75) is 39.5 Å². The zero-order chi connectivity index (χ0) is 15.0. The number of esters is 1. The van der Waals surface area contributed by atoms with Crippen LogP contribution in [0, 0.1) is 6.92 Å². The molecule has 5 heteroatoms. The van der Waals surface area contributed by atoms with E-state index in [0.717, 1.165) is 37.1 Å². The van der Waals surface area contributed by atoms with Crippen molar-refractivity contribution in [1.82, 2.24) is 0 Å². The van der Waals surface area contributed by atoms with E-state index in [1.54, 1.807) is 0 Å². The number of halogens is 2. The number of unbranched alkanes of at least 4 members (excludes halogenated alkanes) is 2. The average Bonchev–Trinajstić information content (AvgIpc) is 2.39. The van der Waals surface area contributed by atoms with E-state index in [1.165, 1.54) is 0 Å². The lowest BCUT2D eigenvalue weighted by Gasteiger charge is -2.10. The summed E-state index contributed by atoms with van der Waals surface area (Å²) in [6.07, 6.45) is 3.29. The SMILES string of the molecule is CCOC(=O)CCCCCNc1cc(Cl)c(C)cc1Cl. The van der Waals surface area contributed by atoms with Gasteiger partial charge in [-0.2, -0.15) is 0 Å². The van der Waals surface area contributed by atoms with E-state index >= 15 is 0 Å². The van der Waals surface area contributed by atoms with Crippen LogP contribution in [0.2, 0.25) is 10.0 Å². The summed E-state index contributed by atoms with van der Waals surface area (Å²) in [7, 11) is 0. The lowest BCUT2D eigenvalue weighted by molar-refractivity contribution is -0.143. The zero-order valence-electron chi connectivity index (χ0n) is 12.0. The molecule has 0 atom stereocenters. The molecule has 0 aliphatic heterocycles. The minimum Gasteiger partial charge on any atom is -0.466 e. The van der Waals surface area contributed by atoms with Gasteiger partial charge in [-0.05, 0) is 44.4 Å². The Kier molecular flexibility index (Phi) is 7.78. The van der Waals surface area contributed by atoms with Crippen LogP contribution in [0.4, 0.5) is 5.69 Å². The molecule has 0 amide bonds. The highest BCUT2D eigenvalue weighted by molar-refractivity contribution is 6.35. The van der Waals surface area contributed by atoms with Gasteiger partial charge >= 0.3 is 5.97 Å². The largest absolute Gasteiger partial charge is 0.466 e. The van der Waals surface area contributed by atoms with E-state index < -0.39 is 0 Å². The molecule has 20 heavy (non-hydrogen) atoms. The van der Waals surface area contributed by atoms with E-state index in [1.807, 2.05) is 26.0 Å². The molecule has 1 aromatic rings. The molecule has 0 bridgehead atoms.